The molecule has 0 fully saturated rings. The Hall–Kier alpha value is -2.91. The van der Waals surface area contributed by atoms with Crippen LogP contribution in [0.3, 0.4) is 0 Å². The van der Waals surface area contributed by atoms with E-state index in [4.69, 9.17) is 14.2 Å². The molecule has 1 aromatic carbocycles. The van der Waals surface area contributed by atoms with Crippen LogP contribution in [0.5, 0.6) is 17.2 Å². The quantitative estimate of drug-likeness (QED) is 0.733. The van der Waals surface area contributed by atoms with Gasteiger partial charge in [0, 0.05) is 6.08 Å². The summed E-state index contributed by atoms with van der Waals surface area (Å²) in [7, 11) is 1.47. The number of nitrogens with one attached hydrogen (secondary N) is 2. The summed E-state index contributed by atoms with van der Waals surface area (Å²) in [5, 5.41) is 3.84. The number of benzene rings is 1. The highest BCUT2D eigenvalue weighted by Gasteiger charge is 2.27. The first-order valence-corrected chi connectivity index (χ1v) is 7.55. The number of hydrogen-bond acceptors (Lipinski definition) is 5. The number of methoxy groups -OCH3 is 1. The third kappa shape index (κ3) is 5.87. The Morgan fingerprint density at radius 1 is 1.23 bits per heavy atom. The molecule has 0 unspecified atom stereocenters. The molecule has 2 rings (SSSR count). The number of hydrogen-bond donors (Lipinski definition) is 2. The summed E-state index contributed by atoms with van der Waals surface area (Å²) >= 11 is 0. The van der Waals surface area contributed by atoms with Crippen LogP contribution >= 0.6 is 0 Å². The first-order valence-electron chi connectivity index (χ1n) is 7.55. The van der Waals surface area contributed by atoms with E-state index in [1.165, 1.54) is 13.2 Å². The Bertz CT molecular complexity index is 687. The van der Waals surface area contributed by atoms with Gasteiger partial charge in [-0.1, -0.05) is 0 Å². The molecular weight excluding hydrogens is 357 g/mol. The molecule has 1 heterocycles. The summed E-state index contributed by atoms with van der Waals surface area (Å²) < 4.78 is 52.0. The molecule has 0 atom stereocenters. The van der Waals surface area contributed by atoms with Gasteiger partial charge in [-0.25, -0.2) is 0 Å². The Morgan fingerprint density at radius 2 is 1.96 bits per heavy atom. The number of amides is 2. The van der Waals surface area contributed by atoms with Crippen LogP contribution in [0.4, 0.5) is 13.2 Å². The Kier molecular flexibility index (Phi) is 6.31. The molecular formula is C16H17F3N2O5. The van der Waals surface area contributed by atoms with E-state index in [2.05, 4.69) is 5.32 Å². The smallest absolute Gasteiger partial charge is 0.405 e. The van der Waals surface area contributed by atoms with Gasteiger partial charge >= 0.3 is 6.18 Å². The SMILES string of the molecule is COc1cc(C=CC(=O)NCC(=O)NCC(F)(F)F)cc2c1OCCO2. The number of carbonyl (C=O) groups excluding carboxylic acids is 2. The molecule has 1 aliphatic rings. The second kappa shape index (κ2) is 8.45. The van der Waals surface area contributed by atoms with Gasteiger partial charge in [-0.05, 0) is 23.8 Å². The van der Waals surface area contributed by atoms with Crippen LogP contribution in [-0.4, -0.2) is 51.4 Å². The molecule has 26 heavy (non-hydrogen) atoms. The van der Waals surface area contributed by atoms with Crippen LogP contribution in [-0.2, 0) is 9.59 Å². The molecule has 0 saturated carbocycles. The van der Waals surface area contributed by atoms with Gasteiger partial charge in [0.2, 0.25) is 17.6 Å². The fourth-order valence-corrected chi connectivity index (χ4v) is 2.05. The second-order valence-electron chi connectivity index (χ2n) is 5.19. The number of halogens is 3. The monoisotopic (exact) mass is 374 g/mol. The molecule has 10 heteroatoms. The highest BCUT2D eigenvalue weighted by Crippen LogP contribution is 2.40. The van der Waals surface area contributed by atoms with Crippen LogP contribution in [0.1, 0.15) is 5.56 Å². The van der Waals surface area contributed by atoms with Gasteiger partial charge in [-0.15, -0.1) is 0 Å². The second-order valence-corrected chi connectivity index (χ2v) is 5.19. The average Bonchev–Trinajstić information content (AvgIpc) is 2.61. The van der Waals surface area contributed by atoms with E-state index in [1.54, 1.807) is 17.4 Å². The van der Waals surface area contributed by atoms with Gasteiger partial charge in [-0.3, -0.25) is 9.59 Å². The fraction of sp³-hybridized carbons (Fsp3) is 0.375. The molecule has 0 aromatic heterocycles. The minimum absolute atomic E-state index is 0.386. The topological polar surface area (TPSA) is 85.9 Å². The van der Waals surface area contributed by atoms with Crippen molar-refractivity contribution in [2.75, 3.05) is 33.4 Å². The van der Waals surface area contributed by atoms with Gasteiger partial charge in [-0.2, -0.15) is 13.2 Å². The van der Waals surface area contributed by atoms with Crippen molar-refractivity contribution in [3.05, 3.63) is 23.8 Å². The molecule has 2 amide bonds. The van der Waals surface area contributed by atoms with Crippen molar-refractivity contribution in [3.8, 4) is 17.2 Å². The normalized spacial score (nSPS) is 13.4. The first-order chi connectivity index (χ1) is 12.3. The van der Waals surface area contributed by atoms with Crippen molar-refractivity contribution < 1.29 is 37.0 Å². The lowest BCUT2D eigenvalue weighted by atomic mass is 10.1. The maximum atomic E-state index is 12.0. The van der Waals surface area contributed by atoms with Crippen LogP contribution < -0.4 is 24.8 Å². The summed E-state index contributed by atoms with van der Waals surface area (Å²) in [6, 6.07) is 3.28. The van der Waals surface area contributed by atoms with E-state index in [-0.39, 0.29) is 0 Å². The maximum absolute atomic E-state index is 12.0. The Morgan fingerprint density at radius 3 is 2.65 bits per heavy atom. The van der Waals surface area contributed by atoms with E-state index in [9.17, 15) is 22.8 Å². The van der Waals surface area contributed by atoms with Gasteiger partial charge in [0.1, 0.15) is 19.8 Å². The standard InChI is InChI=1S/C16H17F3N2O5/c1-24-11-6-10(7-12-15(11)26-5-4-25-12)2-3-13(22)20-8-14(23)21-9-16(17,18)19/h2-3,6-7H,4-5,8-9H2,1H3,(H,20,22)(H,21,23). The predicted octanol–water partition coefficient (Wildman–Crippen LogP) is 1.27. The summed E-state index contributed by atoms with van der Waals surface area (Å²) in [5.74, 6) is -0.191. The van der Waals surface area contributed by atoms with E-state index in [0.29, 0.717) is 36.0 Å². The lowest BCUT2D eigenvalue weighted by molar-refractivity contribution is -0.138. The molecule has 0 spiro atoms. The summed E-state index contributed by atoms with van der Waals surface area (Å²) in [6.07, 6.45) is -1.91. The average molecular weight is 374 g/mol. The molecule has 0 radical (unpaired) electrons. The molecule has 1 aromatic rings. The fourth-order valence-electron chi connectivity index (χ4n) is 2.05. The number of alkyl halides is 3. The first kappa shape index (κ1) is 19.4. The molecule has 2 N–H and O–H groups in total. The van der Waals surface area contributed by atoms with E-state index < -0.39 is 31.1 Å². The lowest BCUT2D eigenvalue weighted by Gasteiger charge is -2.20. The van der Waals surface area contributed by atoms with Crippen molar-refractivity contribution >= 4 is 17.9 Å². The number of ether oxygens (including phenoxy) is 3. The van der Waals surface area contributed by atoms with Crippen molar-refractivity contribution in [1.29, 1.82) is 0 Å². The summed E-state index contributed by atoms with van der Waals surface area (Å²) in [4.78, 5) is 22.9. The zero-order chi connectivity index (χ0) is 19.2. The molecule has 1 aliphatic heterocycles. The number of carbonyl (C=O) groups is 2. The number of fused-ring (bicyclic) bond motifs is 1. The molecule has 142 valence electrons. The van der Waals surface area contributed by atoms with Crippen LogP contribution in [0.2, 0.25) is 0 Å². The number of rotatable bonds is 6. The molecule has 0 saturated heterocycles. The molecule has 0 bridgehead atoms. The third-order valence-electron chi connectivity index (χ3n) is 3.19. The highest BCUT2D eigenvalue weighted by molar-refractivity contribution is 5.94. The third-order valence-corrected chi connectivity index (χ3v) is 3.19. The van der Waals surface area contributed by atoms with E-state index in [0.717, 1.165) is 6.08 Å². The van der Waals surface area contributed by atoms with Crippen LogP contribution in [0, 0.1) is 0 Å². The van der Waals surface area contributed by atoms with Crippen LogP contribution in [0.25, 0.3) is 6.08 Å². The largest absolute Gasteiger partial charge is 0.493 e. The van der Waals surface area contributed by atoms with Gasteiger partial charge in [0.15, 0.2) is 11.5 Å². The van der Waals surface area contributed by atoms with E-state index in [1.807, 2.05) is 0 Å². The zero-order valence-electron chi connectivity index (χ0n) is 13.8. The maximum Gasteiger partial charge on any atom is 0.405 e. The zero-order valence-corrected chi connectivity index (χ0v) is 13.8. The van der Waals surface area contributed by atoms with E-state index >= 15 is 0 Å². The summed E-state index contributed by atoms with van der Waals surface area (Å²) in [6.45, 7) is -1.23. The van der Waals surface area contributed by atoms with Gasteiger partial charge < -0.3 is 24.8 Å². The molecule has 0 aliphatic carbocycles. The van der Waals surface area contributed by atoms with Crippen LogP contribution in [0.15, 0.2) is 18.2 Å². The Balaban J connectivity index is 1.91. The van der Waals surface area contributed by atoms with Crippen molar-refractivity contribution in [1.82, 2.24) is 10.6 Å². The summed E-state index contributed by atoms with van der Waals surface area (Å²) in [5.41, 5.74) is 0.586. The van der Waals surface area contributed by atoms with Crippen molar-refractivity contribution in [2.45, 2.75) is 6.18 Å². The Labute approximate surface area is 147 Å². The van der Waals surface area contributed by atoms with Gasteiger partial charge in [0.25, 0.3) is 0 Å². The molecule has 7 nitrogen and oxygen atoms in total. The van der Waals surface area contributed by atoms with Crippen molar-refractivity contribution in [3.63, 3.8) is 0 Å². The van der Waals surface area contributed by atoms with Crippen molar-refractivity contribution in [2.24, 2.45) is 0 Å². The minimum atomic E-state index is -4.50. The predicted molar refractivity (Wildman–Crippen MR) is 85.1 cm³/mol. The highest BCUT2D eigenvalue weighted by atomic mass is 19.4. The lowest BCUT2D eigenvalue weighted by Crippen LogP contribution is -2.40. The minimum Gasteiger partial charge on any atom is -0.493 e. The van der Waals surface area contributed by atoms with Gasteiger partial charge in [0.05, 0.1) is 13.7 Å².